The molecule has 1 atom stereocenters. The zero-order chi connectivity index (χ0) is 14.5. The van der Waals surface area contributed by atoms with E-state index >= 15 is 0 Å². The summed E-state index contributed by atoms with van der Waals surface area (Å²) in [7, 11) is 0. The van der Waals surface area contributed by atoms with Crippen molar-refractivity contribution in [3.8, 4) is 0 Å². The van der Waals surface area contributed by atoms with Crippen molar-refractivity contribution in [2.45, 2.75) is 12.8 Å². The van der Waals surface area contributed by atoms with Gasteiger partial charge in [0.05, 0.1) is 0 Å². The molecule has 1 nitrogen and oxygen atoms in total. The van der Waals surface area contributed by atoms with Crippen LogP contribution in [0.25, 0.3) is 0 Å². The maximum atomic E-state index is 13.3. The SMILES string of the molecule is NCC(Cc1cccc(Cl)c1)Cc1cc(F)ccc1Br. The van der Waals surface area contributed by atoms with Crippen molar-refractivity contribution in [1.82, 2.24) is 0 Å². The van der Waals surface area contributed by atoms with Crippen molar-refractivity contribution in [2.24, 2.45) is 11.7 Å². The summed E-state index contributed by atoms with van der Waals surface area (Å²) < 4.78 is 14.2. The molecule has 2 aromatic rings. The van der Waals surface area contributed by atoms with E-state index in [1.807, 2.05) is 24.3 Å². The van der Waals surface area contributed by atoms with Crippen molar-refractivity contribution in [3.63, 3.8) is 0 Å². The third-order valence-electron chi connectivity index (χ3n) is 3.26. The molecule has 0 saturated carbocycles. The molecule has 4 heteroatoms. The van der Waals surface area contributed by atoms with Gasteiger partial charge in [0.15, 0.2) is 0 Å². The summed E-state index contributed by atoms with van der Waals surface area (Å²) >= 11 is 9.45. The molecular formula is C16H16BrClFN. The molecule has 106 valence electrons. The van der Waals surface area contributed by atoms with Crippen LogP contribution in [0.5, 0.6) is 0 Å². The Morgan fingerprint density at radius 2 is 1.95 bits per heavy atom. The zero-order valence-corrected chi connectivity index (χ0v) is 13.3. The van der Waals surface area contributed by atoms with Gasteiger partial charge in [-0.05, 0) is 66.8 Å². The molecule has 0 saturated heterocycles. The van der Waals surface area contributed by atoms with Crippen LogP contribution < -0.4 is 5.73 Å². The Hall–Kier alpha value is -0.900. The topological polar surface area (TPSA) is 26.0 Å². The first-order valence-corrected chi connectivity index (χ1v) is 7.64. The van der Waals surface area contributed by atoms with Crippen molar-refractivity contribution in [3.05, 3.63) is 68.9 Å². The number of halogens is 3. The largest absolute Gasteiger partial charge is 0.330 e. The van der Waals surface area contributed by atoms with Gasteiger partial charge in [0.2, 0.25) is 0 Å². The molecule has 0 aliphatic heterocycles. The average molecular weight is 357 g/mol. The Morgan fingerprint density at radius 1 is 1.15 bits per heavy atom. The summed E-state index contributed by atoms with van der Waals surface area (Å²) in [4.78, 5) is 0. The van der Waals surface area contributed by atoms with Gasteiger partial charge in [-0.2, -0.15) is 0 Å². The highest BCUT2D eigenvalue weighted by molar-refractivity contribution is 9.10. The lowest BCUT2D eigenvalue weighted by Gasteiger charge is -2.16. The highest BCUT2D eigenvalue weighted by Gasteiger charge is 2.12. The minimum atomic E-state index is -0.221. The van der Waals surface area contributed by atoms with E-state index in [0.29, 0.717) is 6.54 Å². The first-order valence-electron chi connectivity index (χ1n) is 6.47. The van der Waals surface area contributed by atoms with Crippen molar-refractivity contribution < 1.29 is 4.39 Å². The minimum absolute atomic E-state index is 0.221. The summed E-state index contributed by atoms with van der Waals surface area (Å²) in [6.45, 7) is 0.551. The summed E-state index contributed by atoms with van der Waals surface area (Å²) in [5.41, 5.74) is 7.95. The molecule has 2 aromatic carbocycles. The van der Waals surface area contributed by atoms with Gasteiger partial charge in [-0.3, -0.25) is 0 Å². The fourth-order valence-electron chi connectivity index (χ4n) is 2.25. The number of hydrogen-bond acceptors (Lipinski definition) is 1. The molecule has 0 aliphatic carbocycles. The minimum Gasteiger partial charge on any atom is -0.330 e. The second-order valence-electron chi connectivity index (χ2n) is 4.88. The summed E-state index contributed by atoms with van der Waals surface area (Å²) in [5, 5.41) is 0.727. The van der Waals surface area contributed by atoms with Crippen LogP contribution in [0, 0.1) is 11.7 Å². The smallest absolute Gasteiger partial charge is 0.123 e. The third kappa shape index (κ3) is 4.30. The van der Waals surface area contributed by atoms with Crippen molar-refractivity contribution in [1.29, 1.82) is 0 Å². The number of benzene rings is 2. The number of hydrogen-bond donors (Lipinski definition) is 1. The molecule has 0 bridgehead atoms. The molecular weight excluding hydrogens is 341 g/mol. The molecule has 0 aliphatic rings. The molecule has 0 amide bonds. The van der Waals surface area contributed by atoms with Crippen LogP contribution >= 0.6 is 27.5 Å². The van der Waals surface area contributed by atoms with Gasteiger partial charge in [-0.25, -0.2) is 4.39 Å². The molecule has 2 N–H and O–H groups in total. The van der Waals surface area contributed by atoms with E-state index < -0.39 is 0 Å². The first kappa shape index (κ1) is 15.5. The van der Waals surface area contributed by atoms with Crippen LogP contribution in [0.4, 0.5) is 4.39 Å². The lowest BCUT2D eigenvalue weighted by atomic mass is 9.92. The Kier molecular flexibility index (Phi) is 5.58. The van der Waals surface area contributed by atoms with Crippen LogP contribution in [-0.4, -0.2) is 6.54 Å². The normalized spacial score (nSPS) is 12.4. The van der Waals surface area contributed by atoms with Crippen LogP contribution in [-0.2, 0) is 12.8 Å². The first-order chi connectivity index (χ1) is 9.58. The average Bonchev–Trinajstić information content (AvgIpc) is 2.42. The van der Waals surface area contributed by atoms with Crippen molar-refractivity contribution in [2.75, 3.05) is 6.54 Å². The van der Waals surface area contributed by atoms with Gasteiger partial charge in [0, 0.05) is 9.50 Å². The maximum Gasteiger partial charge on any atom is 0.123 e. The van der Waals surface area contributed by atoms with Gasteiger partial charge >= 0.3 is 0 Å². The van der Waals surface area contributed by atoms with Crippen LogP contribution in [0.2, 0.25) is 5.02 Å². The van der Waals surface area contributed by atoms with Crippen molar-refractivity contribution >= 4 is 27.5 Å². The Morgan fingerprint density at radius 3 is 2.65 bits per heavy atom. The van der Waals surface area contributed by atoms with E-state index in [1.165, 1.54) is 6.07 Å². The molecule has 0 spiro atoms. The van der Waals surface area contributed by atoms with Gasteiger partial charge in [0.1, 0.15) is 5.82 Å². The lowest BCUT2D eigenvalue weighted by molar-refractivity contribution is 0.529. The fourth-order valence-corrected chi connectivity index (χ4v) is 2.87. The van der Waals surface area contributed by atoms with E-state index in [9.17, 15) is 4.39 Å². The second-order valence-corrected chi connectivity index (χ2v) is 6.17. The molecule has 1 unspecified atom stereocenters. The van der Waals surface area contributed by atoms with Crippen LogP contribution in [0.15, 0.2) is 46.9 Å². The van der Waals surface area contributed by atoms with Crippen LogP contribution in [0.3, 0.4) is 0 Å². The van der Waals surface area contributed by atoms with E-state index in [-0.39, 0.29) is 11.7 Å². The Bertz CT molecular complexity index is 588. The molecule has 0 heterocycles. The number of rotatable bonds is 5. The fraction of sp³-hybridized carbons (Fsp3) is 0.250. The quantitative estimate of drug-likeness (QED) is 0.832. The predicted molar refractivity (Wildman–Crippen MR) is 85.5 cm³/mol. The number of nitrogens with two attached hydrogens (primary N) is 1. The predicted octanol–water partition coefficient (Wildman–Crippen LogP) is 4.60. The molecule has 2 rings (SSSR count). The molecule has 20 heavy (non-hydrogen) atoms. The molecule has 0 fully saturated rings. The van der Waals surface area contributed by atoms with Gasteiger partial charge in [-0.1, -0.05) is 39.7 Å². The Labute approximate surface area is 132 Å². The maximum absolute atomic E-state index is 13.3. The second kappa shape index (κ2) is 7.21. The molecule has 0 radical (unpaired) electrons. The summed E-state index contributed by atoms with van der Waals surface area (Å²) in [6, 6.07) is 12.5. The highest BCUT2D eigenvalue weighted by atomic mass is 79.9. The zero-order valence-electron chi connectivity index (χ0n) is 11.0. The van der Waals surface area contributed by atoms with Gasteiger partial charge in [0.25, 0.3) is 0 Å². The third-order valence-corrected chi connectivity index (χ3v) is 4.27. The van der Waals surface area contributed by atoms with Gasteiger partial charge < -0.3 is 5.73 Å². The lowest BCUT2D eigenvalue weighted by Crippen LogP contribution is -2.19. The Balaban J connectivity index is 2.11. The standard InChI is InChI=1S/C16H16BrClFN/c17-16-5-4-15(19)9-13(16)7-12(10-20)6-11-2-1-3-14(18)8-11/h1-5,8-9,12H,6-7,10,20H2. The van der Waals surface area contributed by atoms with Gasteiger partial charge in [-0.15, -0.1) is 0 Å². The highest BCUT2D eigenvalue weighted by Crippen LogP contribution is 2.23. The van der Waals surface area contributed by atoms with E-state index in [4.69, 9.17) is 17.3 Å². The summed E-state index contributed by atoms with van der Waals surface area (Å²) in [5.74, 6) is 0.0355. The van der Waals surface area contributed by atoms with E-state index in [0.717, 1.165) is 33.5 Å². The molecule has 0 aromatic heterocycles. The summed E-state index contributed by atoms with van der Waals surface area (Å²) in [6.07, 6.45) is 1.57. The monoisotopic (exact) mass is 355 g/mol. The van der Waals surface area contributed by atoms with Crippen LogP contribution in [0.1, 0.15) is 11.1 Å². The van der Waals surface area contributed by atoms with E-state index in [2.05, 4.69) is 15.9 Å². The van der Waals surface area contributed by atoms with E-state index in [1.54, 1.807) is 12.1 Å².